The van der Waals surface area contributed by atoms with E-state index in [-0.39, 0.29) is 0 Å². The first-order valence-corrected chi connectivity index (χ1v) is 8.59. The summed E-state index contributed by atoms with van der Waals surface area (Å²) in [7, 11) is 2.43. The summed E-state index contributed by atoms with van der Waals surface area (Å²) in [4.78, 5) is 24.8. The van der Waals surface area contributed by atoms with E-state index in [4.69, 9.17) is 14.0 Å². The molecule has 3 aromatic rings. The van der Waals surface area contributed by atoms with Gasteiger partial charge in [-0.2, -0.15) is 0 Å². The number of hydrogen-bond donors (Lipinski definition) is 0. The van der Waals surface area contributed by atoms with Crippen molar-refractivity contribution in [2.24, 2.45) is 0 Å². The van der Waals surface area contributed by atoms with Crippen LogP contribution in [0.5, 0.6) is 0 Å². The molecule has 1 aromatic heterocycles. The van der Waals surface area contributed by atoms with Gasteiger partial charge in [0.05, 0.1) is 19.8 Å². The number of nitrogens with zero attached hydrogens (tertiary/aromatic N) is 1. The second-order valence-electron chi connectivity index (χ2n) is 5.90. The second-order valence-corrected chi connectivity index (χ2v) is 5.90. The molecule has 28 heavy (non-hydrogen) atoms. The van der Waals surface area contributed by atoms with Crippen molar-refractivity contribution in [3.63, 3.8) is 0 Å². The Balaban J connectivity index is 2.15. The van der Waals surface area contributed by atoms with Crippen LogP contribution in [0.15, 0.2) is 65.2 Å². The van der Waals surface area contributed by atoms with Gasteiger partial charge in [-0.05, 0) is 11.6 Å². The van der Waals surface area contributed by atoms with Gasteiger partial charge in [0.25, 0.3) is 0 Å². The highest BCUT2D eigenvalue weighted by Gasteiger charge is 2.37. The van der Waals surface area contributed by atoms with E-state index in [1.807, 2.05) is 54.6 Å². The quantitative estimate of drug-likeness (QED) is 0.478. The summed E-state index contributed by atoms with van der Waals surface area (Å²) >= 11 is 0. The second kappa shape index (κ2) is 8.81. The lowest BCUT2D eigenvalue weighted by Crippen LogP contribution is -2.25. The lowest BCUT2D eigenvalue weighted by molar-refractivity contribution is -0.154. The summed E-state index contributed by atoms with van der Waals surface area (Å²) in [6.45, 7) is 0. The fourth-order valence-corrected chi connectivity index (χ4v) is 2.81. The van der Waals surface area contributed by atoms with Crippen molar-refractivity contribution >= 4 is 24.1 Å². The third-order valence-electron chi connectivity index (χ3n) is 4.19. The molecular weight excluding hydrogens is 358 g/mol. The number of esters is 2. The van der Waals surface area contributed by atoms with Crippen LogP contribution in [0.1, 0.15) is 22.7 Å². The van der Waals surface area contributed by atoms with Crippen molar-refractivity contribution in [2.75, 3.05) is 14.2 Å². The summed E-state index contributed by atoms with van der Waals surface area (Å²) < 4.78 is 15.2. The van der Waals surface area contributed by atoms with E-state index in [2.05, 4.69) is 5.16 Å². The van der Waals surface area contributed by atoms with Crippen LogP contribution in [0.4, 0.5) is 0 Å². The molecule has 142 valence electrons. The highest BCUT2D eigenvalue weighted by molar-refractivity contribution is 6.03. The molecule has 6 nitrogen and oxygen atoms in total. The third kappa shape index (κ3) is 4.01. The average molecular weight is 377 g/mol. The molecule has 0 spiro atoms. The predicted octanol–water partition coefficient (Wildman–Crippen LogP) is 3.94. The van der Waals surface area contributed by atoms with Crippen LogP contribution in [0, 0.1) is 0 Å². The average Bonchev–Trinajstić information content (AvgIpc) is 3.16. The lowest BCUT2D eigenvalue weighted by atomic mass is 9.93. The zero-order chi connectivity index (χ0) is 19.9. The zero-order valence-electron chi connectivity index (χ0n) is 15.5. The molecule has 1 heterocycles. The molecule has 0 saturated heterocycles. The van der Waals surface area contributed by atoms with Gasteiger partial charge >= 0.3 is 11.9 Å². The van der Waals surface area contributed by atoms with E-state index in [0.29, 0.717) is 22.6 Å². The van der Waals surface area contributed by atoms with Crippen molar-refractivity contribution in [3.05, 3.63) is 77.5 Å². The largest absolute Gasteiger partial charge is 0.468 e. The number of carbonyl (C=O) groups is 2. The van der Waals surface area contributed by atoms with Gasteiger partial charge in [0, 0.05) is 5.56 Å². The molecule has 0 atom stereocenters. The molecular formula is C22H19NO5. The van der Waals surface area contributed by atoms with Crippen LogP contribution in [-0.2, 0) is 19.1 Å². The van der Waals surface area contributed by atoms with Crippen LogP contribution in [-0.4, -0.2) is 31.3 Å². The summed E-state index contributed by atoms with van der Waals surface area (Å²) in [5.74, 6) is -2.50. The van der Waals surface area contributed by atoms with Crippen LogP contribution in [0.3, 0.4) is 0 Å². The Morgan fingerprint density at radius 3 is 2.04 bits per heavy atom. The first-order chi connectivity index (χ1) is 13.7. The van der Waals surface area contributed by atoms with Crippen LogP contribution >= 0.6 is 0 Å². The SMILES string of the molecule is COC(=O)C(C(=O)OC)c1c(/C=C/c2ccccc2)noc1-c1ccccc1. The van der Waals surface area contributed by atoms with Gasteiger partial charge in [-0.25, -0.2) is 0 Å². The molecule has 0 aliphatic carbocycles. The van der Waals surface area contributed by atoms with Gasteiger partial charge in [-0.15, -0.1) is 0 Å². The van der Waals surface area contributed by atoms with E-state index in [0.717, 1.165) is 5.56 Å². The Labute approximate surface area is 162 Å². The van der Waals surface area contributed by atoms with E-state index < -0.39 is 17.9 Å². The van der Waals surface area contributed by atoms with E-state index >= 15 is 0 Å². The van der Waals surface area contributed by atoms with Crippen LogP contribution < -0.4 is 0 Å². The first-order valence-electron chi connectivity index (χ1n) is 8.59. The summed E-state index contributed by atoms with van der Waals surface area (Å²) in [6, 6.07) is 18.7. The number of rotatable bonds is 6. The minimum Gasteiger partial charge on any atom is -0.468 e. The fraction of sp³-hybridized carbons (Fsp3) is 0.136. The molecule has 0 fully saturated rings. The Morgan fingerprint density at radius 2 is 1.46 bits per heavy atom. The Morgan fingerprint density at radius 1 is 0.893 bits per heavy atom. The number of benzene rings is 2. The van der Waals surface area contributed by atoms with Crippen LogP contribution in [0.2, 0.25) is 0 Å². The molecule has 0 aliphatic rings. The van der Waals surface area contributed by atoms with Crippen molar-refractivity contribution in [1.29, 1.82) is 0 Å². The normalized spacial score (nSPS) is 11.0. The van der Waals surface area contributed by atoms with Crippen molar-refractivity contribution in [3.8, 4) is 11.3 Å². The van der Waals surface area contributed by atoms with Gasteiger partial charge in [0.2, 0.25) is 0 Å². The van der Waals surface area contributed by atoms with Gasteiger partial charge in [-0.3, -0.25) is 9.59 Å². The molecule has 3 rings (SSSR count). The number of ether oxygens (including phenoxy) is 2. The van der Waals surface area contributed by atoms with Gasteiger partial charge in [0.15, 0.2) is 11.7 Å². The molecule has 0 bridgehead atoms. The van der Waals surface area contributed by atoms with Gasteiger partial charge < -0.3 is 14.0 Å². The topological polar surface area (TPSA) is 78.6 Å². The van der Waals surface area contributed by atoms with E-state index in [9.17, 15) is 9.59 Å². The molecule has 0 unspecified atom stereocenters. The minimum atomic E-state index is -1.31. The third-order valence-corrected chi connectivity index (χ3v) is 4.19. The number of methoxy groups -OCH3 is 2. The maximum Gasteiger partial charge on any atom is 0.324 e. The number of carbonyl (C=O) groups excluding carboxylic acids is 2. The monoisotopic (exact) mass is 377 g/mol. The minimum absolute atomic E-state index is 0.303. The molecule has 0 amide bonds. The lowest BCUT2D eigenvalue weighted by Gasteiger charge is -2.13. The first kappa shape index (κ1) is 19.1. The number of hydrogen-bond acceptors (Lipinski definition) is 6. The standard InChI is InChI=1S/C22H19NO5/c1-26-21(24)19(22(25)27-2)18-17(14-13-15-9-5-3-6-10-15)23-28-20(18)16-11-7-4-8-12-16/h3-14,19H,1-2H3/b14-13+. The maximum absolute atomic E-state index is 12.4. The van der Waals surface area contributed by atoms with E-state index in [1.54, 1.807) is 18.2 Å². The van der Waals surface area contributed by atoms with Gasteiger partial charge in [-0.1, -0.05) is 71.9 Å². The molecule has 0 aliphatic heterocycles. The summed E-state index contributed by atoms with van der Waals surface area (Å²) in [5.41, 5.74) is 2.27. The fourth-order valence-electron chi connectivity index (χ4n) is 2.81. The van der Waals surface area contributed by atoms with E-state index in [1.165, 1.54) is 14.2 Å². The van der Waals surface area contributed by atoms with Crippen molar-refractivity contribution in [1.82, 2.24) is 5.16 Å². The molecule has 0 saturated carbocycles. The summed E-state index contributed by atoms with van der Waals surface area (Å²) in [5, 5.41) is 4.08. The maximum atomic E-state index is 12.4. The Kier molecular flexibility index (Phi) is 6.01. The van der Waals surface area contributed by atoms with Gasteiger partial charge in [0.1, 0.15) is 5.69 Å². The predicted molar refractivity (Wildman–Crippen MR) is 104 cm³/mol. The Bertz CT molecular complexity index is 961. The molecule has 2 aromatic carbocycles. The van der Waals surface area contributed by atoms with Crippen molar-refractivity contribution in [2.45, 2.75) is 5.92 Å². The van der Waals surface area contributed by atoms with Crippen molar-refractivity contribution < 1.29 is 23.6 Å². The summed E-state index contributed by atoms with van der Waals surface area (Å²) in [6.07, 6.45) is 3.52. The smallest absolute Gasteiger partial charge is 0.324 e. The highest BCUT2D eigenvalue weighted by Crippen LogP contribution is 2.34. The highest BCUT2D eigenvalue weighted by atomic mass is 16.5. The molecule has 6 heteroatoms. The zero-order valence-corrected chi connectivity index (χ0v) is 15.5. The van der Waals surface area contributed by atoms with Crippen LogP contribution in [0.25, 0.3) is 23.5 Å². The Hall–Kier alpha value is -3.67. The molecule has 0 N–H and O–H groups in total. The number of aromatic nitrogens is 1. The molecule has 0 radical (unpaired) electrons.